The number of aliphatic hydroxyl groups excluding tert-OH is 1. The minimum absolute atomic E-state index is 0.0603. The van der Waals surface area contributed by atoms with Crippen molar-refractivity contribution in [3.05, 3.63) is 40.8 Å². The van der Waals surface area contributed by atoms with Gasteiger partial charge in [-0.3, -0.25) is 0 Å². The van der Waals surface area contributed by atoms with Crippen molar-refractivity contribution in [3.63, 3.8) is 0 Å². The minimum Gasteiger partial charge on any atom is -0.390 e. The van der Waals surface area contributed by atoms with Gasteiger partial charge in [0.25, 0.3) is 0 Å². The van der Waals surface area contributed by atoms with E-state index in [0.717, 1.165) is 0 Å². The Bertz CT molecular complexity index is 427. The van der Waals surface area contributed by atoms with E-state index in [9.17, 15) is 0 Å². The molecule has 0 aliphatic rings. The molecule has 0 saturated carbocycles. The second-order valence-corrected chi connectivity index (χ2v) is 3.53. The fraction of sp³-hybridized carbons (Fsp3) is 0.111. The Balaban J connectivity index is 2.51. The van der Waals surface area contributed by atoms with Crippen LogP contribution in [0.15, 0.2) is 35.1 Å². The maximum absolute atomic E-state index is 9.08. The van der Waals surface area contributed by atoms with Gasteiger partial charge < -0.3 is 5.11 Å². The van der Waals surface area contributed by atoms with Gasteiger partial charge in [-0.05, 0) is 34.1 Å². The van der Waals surface area contributed by atoms with Crippen LogP contribution >= 0.6 is 15.9 Å². The SMILES string of the molecule is OCc1cc(Br)nn1-c1ccccn1. The van der Waals surface area contributed by atoms with E-state index in [1.54, 1.807) is 16.9 Å². The first kappa shape index (κ1) is 9.36. The number of hydrogen-bond acceptors (Lipinski definition) is 3. The van der Waals surface area contributed by atoms with Gasteiger partial charge in [0.15, 0.2) is 5.82 Å². The summed E-state index contributed by atoms with van der Waals surface area (Å²) in [6.45, 7) is -0.0603. The lowest BCUT2D eigenvalue weighted by molar-refractivity contribution is 0.273. The first-order valence-electron chi connectivity index (χ1n) is 4.08. The average Bonchev–Trinajstić information content (AvgIpc) is 2.61. The molecule has 0 fully saturated rings. The number of nitrogens with zero attached hydrogens (tertiary/aromatic N) is 3. The van der Waals surface area contributed by atoms with Crippen molar-refractivity contribution in [3.8, 4) is 5.82 Å². The molecule has 72 valence electrons. The molecule has 2 aromatic heterocycles. The normalized spacial score (nSPS) is 10.4. The highest BCUT2D eigenvalue weighted by Gasteiger charge is 2.07. The summed E-state index contributed by atoms with van der Waals surface area (Å²) in [5.74, 6) is 0.697. The van der Waals surface area contributed by atoms with Gasteiger partial charge in [0.1, 0.15) is 4.60 Å². The molecule has 2 rings (SSSR count). The molecule has 1 N–H and O–H groups in total. The first-order valence-corrected chi connectivity index (χ1v) is 4.87. The van der Waals surface area contributed by atoms with E-state index in [4.69, 9.17) is 5.11 Å². The summed E-state index contributed by atoms with van der Waals surface area (Å²) in [6.07, 6.45) is 1.69. The standard InChI is InChI=1S/C9H8BrN3O/c10-8-5-7(6-14)13(12-8)9-3-1-2-4-11-9/h1-5,14H,6H2. The van der Waals surface area contributed by atoms with Crippen molar-refractivity contribution < 1.29 is 5.11 Å². The molecule has 0 spiro atoms. The molecule has 14 heavy (non-hydrogen) atoms. The third kappa shape index (κ3) is 1.69. The minimum atomic E-state index is -0.0603. The summed E-state index contributed by atoms with van der Waals surface area (Å²) in [7, 11) is 0. The summed E-state index contributed by atoms with van der Waals surface area (Å²) < 4.78 is 2.29. The van der Waals surface area contributed by atoms with Crippen LogP contribution in [-0.2, 0) is 6.61 Å². The molecule has 0 aliphatic heterocycles. The van der Waals surface area contributed by atoms with E-state index in [0.29, 0.717) is 16.1 Å². The van der Waals surface area contributed by atoms with Gasteiger partial charge in [-0.2, -0.15) is 5.10 Å². The van der Waals surface area contributed by atoms with E-state index < -0.39 is 0 Å². The topological polar surface area (TPSA) is 50.9 Å². The molecule has 0 aliphatic carbocycles. The second kappa shape index (κ2) is 3.89. The lowest BCUT2D eigenvalue weighted by Gasteiger charge is -2.02. The maximum Gasteiger partial charge on any atom is 0.153 e. The van der Waals surface area contributed by atoms with E-state index in [1.807, 2.05) is 18.2 Å². The van der Waals surface area contributed by atoms with Gasteiger partial charge >= 0.3 is 0 Å². The van der Waals surface area contributed by atoms with Crippen molar-refractivity contribution in [2.45, 2.75) is 6.61 Å². The van der Waals surface area contributed by atoms with Crippen LogP contribution in [0.1, 0.15) is 5.69 Å². The van der Waals surface area contributed by atoms with Crippen LogP contribution in [0.4, 0.5) is 0 Å². The van der Waals surface area contributed by atoms with E-state index >= 15 is 0 Å². The molecule has 4 nitrogen and oxygen atoms in total. The van der Waals surface area contributed by atoms with Crippen LogP contribution < -0.4 is 0 Å². The Hall–Kier alpha value is -1.20. The Morgan fingerprint density at radius 1 is 1.43 bits per heavy atom. The molecule has 2 aromatic rings. The van der Waals surface area contributed by atoms with E-state index in [1.165, 1.54) is 0 Å². The summed E-state index contributed by atoms with van der Waals surface area (Å²) in [4.78, 5) is 4.14. The van der Waals surface area contributed by atoms with Crippen LogP contribution in [0.25, 0.3) is 5.82 Å². The van der Waals surface area contributed by atoms with Gasteiger partial charge in [-0.15, -0.1) is 0 Å². The molecule has 0 amide bonds. The largest absolute Gasteiger partial charge is 0.390 e. The van der Waals surface area contributed by atoms with Crippen molar-refractivity contribution in [2.24, 2.45) is 0 Å². The van der Waals surface area contributed by atoms with Gasteiger partial charge in [0.2, 0.25) is 0 Å². The molecule has 0 unspecified atom stereocenters. The highest BCUT2D eigenvalue weighted by atomic mass is 79.9. The van der Waals surface area contributed by atoms with Crippen LogP contribution in [0, 0.1) is 0 Å². The lowest BCUT2D eigenvalue weighted by atomic mass is 10.4. The third-order valence-corrected chi connectivity index (χ3v) is 2.17. The molecular formula is C9H8BrN3O. The summed E-state index contributed by atoms with van der Waals surface area (Å²) >= 11 is 3.25. The Labute approximate surface area is 89.3 Å². The Morgan fingerprint density at radius 2 is 2.29 bits per heavy atom. The zero-order valence-corrected chi connectivity index (χ0v) is 8.85. The number of rotatable bonds is 2. The highest BCUT2D eigenvalue weighted by molar-refractivity contribution is 9.10. The first-order chi connectivity index (χ1) is 6.81. The van der Waals surface area contributed by atoms with Gasteiger partial charge in [0.05, 0.1) is 12.3 Å². The Morgan fingerprint density at radius 3 is 2.93 bits per heavy atom. The molecule has 0 atom stereocenters. The zero-order valence-electron chi connectivity index (χ0n) is 7.26. The molecule has 0 radical (unpaired) electrons. The molecule has 0 bridgehead atoms. The van der Waals surface area contributed by atoms with Crippen molar-refractivity contribution in [1.82, 2.24) is 14.8 Å². The Kier molecular flexibility index (Phi) is 2.60. The fourth-order valence-electron chi connectivity index (χ4n) is 1.18. The zero-order chi connectivity index (χ0) is 9.97. The van der Waals surface area contributed by atoms with E-state index in [-0.39, 0.29) is 6.61 Å². The summed E-state index contributed by atoms with van der Waals surface area (Å²) in [6, 6.07) is 7.30. The van der Waals surface area contributed by atoms with Crippen LogP contribution in [0.5, 0.6) is 0 Å². The second-order valence-electron chi connectivity index (χ2n) is 2.72. The average molecular weight is 254 g/mol. The predicted octanol–water partition coefficient (Wildman–Crippen LogP) is 1.52. The lowest BCUT2D eigenvalue weighted by Crippen LogP contribution is -2.03. The summed E-state index contributed by atoms with van der Waals surface area (Å²) in [5.41, 5.74) is 0.704. The van der Waals surface area contributed by atoms with Gasteiger partial charge in [-0.25, -0.2) is 9.67 Å². The predicted molar refractivity (Wildman–Crippen MR) is 55.0 cm³/mol. The molecular weight excluding hydrogens is 246 g/mol. The monoisotopic (exact) mass is 253 g/mol. The van der Waals surface area contributed by atoms with Crippen LogP contribution in [-0.4, -0.2) is 19.9 Å². The van der Waals surface area contributed by atoms with E-state index in [2.05, 4.69) is 26.0 Å². The maximum atomic E-state index is 9.08. The number of aromatic nitrogens is 3. The smallest absolute Gasteiger partial charge is 0.153 e. The number of halogens is 1. The molecule has 0 saturated heterocycles. The van der Waals surface area contributed by atoms with Crippen molar-refractivity contribution in [2.75, 3.05) is 0 Å². The van der Waals surface area contributed by atoms with Crippen LogP contribution in [0.2, 0.25) is 0 Å². The molecule has 5 heteroatoms. The third-order valence-electron chi connectivity index (χ3n) is 1.78. The van der Waals surface area contributed by atoms with Crippen molar-refractivity contribution >= 4 is 15.9 Å². The fourth-order valence-corrected chi connectivity index (χ4v) is 1.60. The van der Waals surface area contributed by atoms with Gasteiger partial charge in [-0.1, -0.05) is 6.07 Å². The highest BCUT2D eigenvalue weighted by Crippen LogP contribution is 2.14. The quantitative estimate of drug-likeness (QED) is 0.883. The summed E-state index contributed by atoms with van der Waals surface area (Å²) in [5, 5.41) is 13.2. The number of aliphatic hydroxyl groups is 1. The number of hydrogen-bond donors (Lipinski definition) is 1. The van der Waals surface area contributed by atoms with Crippen LogP contribution in [0.3, 0.4) is 0 Å². The van der Waals surface area contributed by atoms with Crippen molar-refractivity contribution in [1.29, 1.82) is 0 Å². The number of pyridine rings is 1. The molecule has 2 heterocycles. The molecule has 0 aromatic carbocycles. The van der Waals surface area contributed by atoms with Gasteiger partial charge in [0, 0.05) is 6.20 Å².